The van der Waals surface area contributed by atoms with E-state index >= 15 is 0 Å². The van der Waals surface area contributed by atoms with Crippen LogP contribution in [-0.2, 0) is 0 Å². The van der Waals surface area contributed by atoms with Crippen LogP contribution >= 0.6 is 0 Å². The lowest BCUT2D eigenvalue weighted by Gasteiger charge is -2.26. The van der Waals surface area contributed by atoms with Crippen molar-refractivity contribution >= 4 is 0 Å². The van der Waals surface area contributed by atoms with Crippen LogP contribution in [0.1, 0.15) is 67.2 Å². The minimum Gasteiger partial charge on any atom is -0.396 e. The summed E-state index contributed by atoms with van der Waals surface area (Å²) in [5.74, 6) is 0.493. The van der Waals surface area contributed by atoms with E-state index < -0.39 is 0 Å². The molecule has 0 aromatic rings. The van der Waals surface area contributed by atoms with E-state index in [-0.39, 0.29) is 0 Å². The fraction of sp³-hybridized carbons (Fsp3) is 1.00. The van der Waals surface area contributed by atoms with E-state index in [1.54, 1.807) is 0 Å². The second kappa shape index (κ2) is 5.89. The summed E-state index contributed by atoms with van der Waals surface area (Å²) in [5, 5.41) is 9.32. The van der Waals surface area contributed by atoms with Gasteiger partial charge in [0.15, 0.2) is 0 Å². The van der Waals surface area contributed by atoms with E-state index in [9.17, 15) is 5.11 Å². The molecule has 1 atom stereocenters. The van der Waals surface area contributed by atoms with Crippen LogP contribution in [0.4, 0.5) is 0 Å². The Morgan fingerprint density at radius 1 is 0.933 bits per heavy atom. The Kier molecular flexibility index (Phi) is 5.87. The summed E-state index contributed by atoms with van der Waals surface area (Å²) >= 11 is 0. The number of aliphatic hydroxyl groups excluding tert-OH is 1. The lowest BCUT2D eigenvalue weighted by atomic mass is 9.81. The van der Waals surface area contributed by atoms with Crippen molar-refractivity contribution in [1.82, 2.24) is 0 Å². The fourth-order valence-electron chi connectivity index (χ4n) is 2.04. The summed E-state index contributed by atoms with van der Waals surface area (Å²) < 4.78 is 0. The number of hydrogen-bond donors (Lipinski definition) is 1. The van der Waals surface area contributed by atoms with Crippen molar-refractivity contribution in [3.05, 3.63) is 0 Å². The Morgan fingerprint density at radius 3 is 1.80 bits per heavy atom. The fourth-order valence-corrected chi connectivity index (χ4v) is 2.04. The Balaban J connectivity index is 3.82. The first-order chi connectivity index (χ1) is 6.64. The standard InChI is InChI=1S/C14H30O/c1-13(2,3)9-7-8-12(11-15)10-14(4,5)6/h12,15H,7-11H2,1-6H3. The van der Waals surface area contributed by atoms with Crippen LogP contribution in [0.2, 0.25) is 0 Å². The van der Waals surface area contributed by atoms with Crippen LogP contribution in [-0.4, -0.2) is 11.7 Å². The van der Waals surface area contributed by atoms with E-state index in [2.05, 4.69) is 41.5 Å². The zero-order valence-electron chi connectivity index (χ0n) is 11.6. The van der Waals surface area contributed by atoms with Crippen molar-refractivity contribution in [1.29, 1.82) is 0 Å². The molecule has 0 heterocycles. The molecule has 0 bridgehead atoms. The van der Waals surface area contributed by atoms with Gasteiger partial charge in [0.1, 0.15) is 0 Å². The van der Waals surface area contributed by atoms with Crippen molar-refractivity contribution in [3.63, 3.8) is 0 Å². The second-order valence-electron chi connectivity index (χ2n) is 7.27. The van der Waals surface area contributed by atoms with Gasteiger partial charge in [0.2, 0.25) is 0 Å². The van der Waals surface area contributed by atoms with E-state index in [1.807, 2.05) is 0 Å². The maximum atomic E-state index is 9.32. The first-order valence-corrected chi connectivity index (χ1v) is 6.25. The summed E-state index contributed by atoms with van der Waals surface area (Å²) in [6, 6.07) is 0. The highest BCUT2D eigenvalue weighted by Gasteiger charge is 2.19. The average Bonchev–Trinajstić information content (AvgIpc) is 1.97. The lowest BCUT2D eigenvalue weighted by Crippen LogP contribution is -2.17. The SMILES string of the molecule is CC(C)(C)CCCC(CO)CC(C)(C)C. The molecule has 0 spiro atoms. The largest absolute Gasteiger partial charge is 0.396 e. The summed E-state index contributed by atoms with van der Waals surface area (Å²) in [6.45, 7) is 13.9. The Morgan fingerprint density at radius 2 is 1.47 bits per heavy atom. The molecule has 0 saturated carbocycles. The van der Waals surface area contributed by atoms with Gasteiger partial charge in [0, 0.05) is 6.61 Å². The molecule has 0 fully saturated rings. The molecule has 0 rings (SSSR count). The zero-order valence-corrected chi connectivity index (χ0v) is 11.6. The molecule has 0 saturated heterocycles. The summed E-state index contributed by atoms with van der Waals surface area (Å²) in [7, 11) is 0. The number of rotatable bonds is 5. The highest BCUT2D eigenvalue weighted by atomic mass is 16.3. The van der Waals surface area contributed by atoms with Gasteiger partial charge in [-0.25, -0.2) is 0 Å². The van der Waals surface area contributed by atoms with Crippen LogP contribution in [0.3, 0.4) is 0 Å². The van der Waals surface area contributed by atoms with Crippen LogP contribution in [0.25, 0.3) is 0 Å². The molecule has 92 valence electrons. The van der Waals surface area contributed by atoms with Gasteiger partial charge in [-0.05, 0) is 36.0 Å². The maximum Gasteiger partial charge on any atom is 0.0459 e. The zero-order chi connectivity index (χ0) is 12.1. The third kappa shape index (κ3) is 10.2. The molecule has 1 heteroatoms. The highest BCUT2D eigenvalue weighted by Crippen LogP contribution is 2.29. The quantitative estimate of drug-likeness (QED) is 0.725. The normalized spacial score (nSPS) is 15.4. The van der Waals surface area contributed by atoms with E-state index in [4.69, 9.17) is 0 Å². The molecule has 1 N–H and O–H groups in total. The minimum absolute atomic E-state index is 0.342. The average molecular weight is 214 g/mol. The van der Waals surface area contributed by atoms with Gasteiger partial charge in [-0.1, -0.05) is 48.0 Å². The molecule has 0 aromatic heterocycles. The molecular weight excluding hydrogens is 184 g/mol. The van der Waals surface area contributed by atoms with Crippen molar-refractivity contribution in [2.45, 2.75) is 67.2 Å². The predicted octanol–water partition coefficient (Wildman–Crippen LogP) is 4.25. The van der Waals surface area contributed by atoms with E-state index in [1.165, 1.54) is 19.3 Å². The maximum absolute atomic E-state index is 9.32. The molecule has 1 unspecified atom stereocenters. The minimum atomic E-state index is 0.342. The summed E-state index contributed by atoms with van der Waals surface area (Å²) in [4.78, 5) is 0. The predicted molar refractivity (Wildman–Crippen MR) is 68.0 cm³/mol. The summed E-state index contributed by atoms with van der Waals surface area (Å²) in [6.07, 6.45) is 4.80. The third-order valence-electron chi connectivity index (χ3n) is 2.70. The molecule has 0 amide bonds. The van der Waals surface area contributed by atoms with Crippen LogP contribution in [0, 0.1) is 16.7 Å². The summed E-state index contributed by atoms with van der Waals surface area (Å²) in [5.41, 5.74) is 0.775. The topological polar surface area (TPSA) is 20.2 Å². The number of hydrogen-bond acceptors (Lipinski definition) is 1. The van der Waals surface area contributed by atoms with Crippen molar-refractivity contribution in [2.24, 2.45) is 16.7 Å². The second-order valence-corrected chi connectivity index (χ2v) is 7.27. The molecule has 0 aliphatic rings. The van der Waals surface area contributed by atoms with Gasteiger partial charge >= 0.3 is 0 Å². The van der Waals surface area contributed by atoms with Gasteiger partial charge in [0.05, 0.1) is 0 Å². The first kappa shape index (κ1) is 15.0. The van der Waals surface area contributed by atoms with Crippen LogP contribution in [0.5, 0.6) is 0 Å². The Bertz CT molecular complexity index is 159. The van der Waals surface area contributed by atoms with Crippen molar-refractivity contribution < 1.29 is 5.11 Å². The smallest absolute Gasteiger partial charge is 0.0459 e. The number of aliphatic hydroxyl groups is 1. The Hall–Kier alpha value is -0.0400. The molecule has 0 aromatic carbocycles. The molecular formula is C14H30O. The van der Waals surface area contributed by atoms with Crippen molar-refractivity contribution in [3.8, 4) is 0 Å². The molecule has 0 radical (unpaired) electrons. The van der Waals surface area contributed by atoms with Crippen LogP contribution < -0.4 is 0 Å². The van der Waals surface area contributed by atoms with Gasteiger partial charge in [0.25, 0.3) is 0 Å². The molecule has 0 aliphatic carbocycles. The molecule has 0 aliphatic heterocycles. The van der Waals surface area contributed by atoms with E-state index in [0.717, 1.165) is 6.42 Å². The molecule has 1 nitrogen and oxygen atoms in total. The van der Waals surface area contributed by atoms with E-state index in [0.29, 0.717) is 23.4 Å². The lowest BCUT2D eigenvalue weighted by molar-refractivity contribution is 0.164. The third-order valence-corrected chi connectivity index (χ3v) is 2.70. The van der Waals surface area contributed by atoms with Crippen molar-refractivity contribution in [2.75, 3.05) is 6.61 Å². The first-order valence-electron chi connectivity index (χ1n) is 6.25. The van der Waals surface area contributed by atoms with Gasteiger partial charge < -0.3 is 5.11 Å². The Labute approximate surface area is 96.3 Å². The monoisotopic (exact) mass is 214 g/mol. The van der Waals surface area contributed by atoms with Gasteiger partial charge in [-0.3, -0.25) is 0 Å². The van der Waals surface area contributed by atoms with Gasteiger partial charge in [-0.15, -0.1) is 0 Å². The molecule has 15 heavy (non-hydrogen) atoms. The highest BCUT2D eigenvalue weighted by molar-refractivity contribution is 4.70. The van der Waals surface area contributed by atoms with Gasteiger partial charge in [-0.2, -0.15) is 0 Å². The van der Waals surface area contributed by atoms with Crippen LogP contribution in [0.15, 0.2) is 0 Å².